The van der Waals surface area contributed by atoms with Gasteiger partial charge in [0.15, 0.2) is 0 Å². The third kappa shape index (κ3) is 7.40. The van der Waals surface area contributed by atoms with E-state index in [1.807, 2.05) is 24.3 Å². The number of hydrogen-bond acceptors (Lipinski definition) is 4. The molecule has 146 valence electrons. The lowest BCUT2D eigenvalue weighted by Gasteiger charge is -2.21. The van der Waals surface area contributed by atoms with Gasteiger partial charge in [0.2, 0.25) is 15.9 Å². The fraction of sp³-hybridized carbons (Fsp3) is 0.278. The highest BCUT2D eigenvalue weighted by Crippen LogP contribution is 2.18. The SMILES string of the molecule is CS(=O)(=O)N(CC(=O)NCCSCc1cccc(Cl)c1)c1cccc(F)c1. The maximum Gasteiger partial charge on any atom is 0.240 e. The van der Waals surface area contributed by atoms with Crippen LogP contribution in [0.3, 0.4) is 0 Å². The number of hydrogen-bond donors (Lipinski definition) is 1. The second-order valence-electron chi connectivity index (χ2n) is 5.78. The summed E-state index contributed by atoms with van der Waals surface area (Å²) in [6.45, 7) is -0.00787. The second-order valence-corrected chi connectivity index (χ2v) is 9.23. The Labute approximate surface area is 168 Å². The minimum atomic E-state index is -3.72. The third-order valence-corrected chi connectivity index (χ3v) is 5.92. The van der Waals surface area contributed by atoms with Crippen molar-refractivity contribution in [2.45, 2.75) is 5.75 Å². The van der Waals surface area contributed by atoms with Crippen LogP contribution in [0.25, 0.3) is 0 Å². The van der Waals surface area contributed by atoms with Gasteiger partial charge in [-0.05, 0) is 35.9 Å². The first-order valence-corrected chi connectivity index (χ1v) is 11.5. The summed E-state index contributed by atoms with van der Waals surface area (Å²) in [7, 11) is -3.72. The summed E-state index contributed by atoms with van der Waals surface area (Å²) >= 11 is 7.55. The van der Waals surface area contributed by atoms with Crippen molar-refractivity contribution in [2.75, 3.05) is 29.4 Å². The van der Waals surface area contributed by atoms with Crippen LogP contribution in [0, 0.1) is 5.82 Å². The van der Waals surface area contributed by atoms with Crippen molar-refractivity contribution in [2.24, 2.45) is 0 Å². The Kier molecular flexibility index (Phi) is 7.94. The smallest absolute Gasteiger partial charge is 0.240 e. The molecule has 1 N–H and O–H groups in total. The lowest BCUT2D eigenvalue weighted by molar-refractivity contribution is -0.119. The predicted molar refractivity (Wildman–Crippen MR) is 109 cm³/mol. The van der Waals surface area contributed by atoms with Crippen molar-refractivity contribution in [1.82, 2.24) is 5.32 Å². The Balaban J connectivity index is 1.82. The van der Waals surface area contributed by atoms with Gasteiger partial charge in [-0.2, -0.15) is 11.8 Å². The molecule has 5 nitrogen and oxygen atoms in total. The zero-order chi connectivity index (χ0) is 19.9. The topological polar surface area (TPSA) is 66.5 Å². The van der Waals surface area contributed by atoms with E-state index < -0.39 is 28.3 Å². The summed E-state index contributed by atoms with van der Waals surface area (Å²) in [6.07, 6.45) is 0.978. The highest BCUT2D eigenvalue weighted by Gasteiger charge is 2.21. The van der Waals surface area contributed by atoms with Gasteiger partial charge in [-0.1, -0.05) is 29.8 Å². The molecule has 27 heavy (non-hydrogen) atoms. The number of thioether (sulfide) groups is 1. The molecule has 0 aliphatic rings. The quantitative estimate of drug-likeness (QED) is 0.620. The minimum absolute atomic E-state index is 0.114. The molecule has 0 unspecified atom stereocenters. The van der Waals surface area contributed by atoms with E-state index in [4.69, 9.17) is 11.6 Å². The van der Waals surface area contributed by atoms with Crippen molar-refractivity contribution in [3.63, 3.8) is 0 Å². The molecule has 0 saturated carbocycles. The number of benzene rings is 2. The lowest BCUT2D eigenvalue weighted by Crippen LogP contribution is -2.41. The molecule has 0 aromatic heterocycles. The molecule has 2 rings (SSSR count). The van der Waals surface area contributed by atoms with E-state index in [0.717, 1.165) is 27.9 Å². The molecule has 0 atom stereocenters. The predicted octanol–water partition coefficient (Wildman–Crippen LogP) is 3.29. The highest BCUT2D eigenvalue weighted by molar-refractivity contribution is 7.98. The molecule has 1 amide bonds. The minimum Gasteiger partial charge on any atom is -0.354 e. The van der Waals surface area contributed by atoms with Crippen LogP contribution in [0.5, 0.6) is 0 Å². The zero-order valence-corrected chi connectivity index (χ0v) is 17.1. The van der Waals surface area contributed by atoms with Crippen LogP contribution >= 0.6 is 23.4 Å². The van der Waals surface area contributed by atoms with E-state index in [9.17, 15) is 17.6 Å². The number of sulfonamides is 1. The monoisotopic (exact) mass is 430 g/mol. The van der Waals surface area contributed by atoms with Gasteiger partial charge < -0.3 is 5.32 Å². The number of nitrogens with one attached hydrogen (secondary N) is 1. The summed E-state index contributed by atoms with van der Waals surface area (Å²) in [4.78, 5) is 12.1. The van der Waals surface area contributed by atoms with Crippen LogP contribution in [-0.4, -0.2) is 39.4 Å². The largest absolute Gasteiger partial charge is 0.354 e. The fourth-order valence-electron chi connectivity index (χ4n) is 2.30. The average Bonchev–Trinajstić information content (AvgIpc) is 2.58. The van der Waals surface area contributed by atoms with Gasteiger partial charge in [-0.25, -0.2) is 12.8 Å². The highest BCUT2D eigenvalue weighted by atomic mass is 35.5. The van der Waals surface area contributed by atoms with E-state index >= 15 is 0 Å². The normalized spacial score (nSPS) is 11.2. The Morgan fingerprint density at radius 3 is 2.63 bits per heavy atom. The number of carbonyl (C=O) groups excluding carboxylic acids is 1. The van der Waals surface area contributed by atoms with Gasteiger partial charge in [-0.3, -0.25) is 9.10 Å². The number of halogens is 2. The summed E-state index contributed by atoms with van der Waals surface area (Å²) in [6, 6.07) is 12.7. The Bertz CT molecular complexity index is 894. The first-order chi connectivity index (χ1) is 12.8. The first-order valence-electron chi connectivity index (χ1n) is 8.08. The summed E-state index contributed by atoms with van der Waals surface area (Å²) in [5, 5.41) is 3.36. The number of carbonyl (C=O) groups is 1. The van der Waals surface area contributed by atoms with E-state index in [1.165, 1.54) is 18.2 Å². The second kappa shape index (κ2) is 9.96. The maximum absolute atomic E-state index is 13.4. The first kappa shape index (κ1) is 21.5. The Morgan fingerprint density at radius 1 is 1.22 bits per heavy atom. The fourth-order valence-corrected chi connectivity index (χ4v) is 4.16. The van der Waals surface area contributed by atoms with Crippen LogP contribution in [0.15, 0.2) is 48.5 Å². The molecule has 0 radical (unpaired) electrons. The van der Waals surface area contributed by atoms with Crippen molar-refractivity contribution in [3.8, 4) is 0 Å². The summed E-state index contributed by atoms with van der Waals surface area (Å²) in [5.41, 5.74) is 1.20. The van der Waals surface area contributed by atoms with E-state index in [1.54, 1.807) is 11.8 Å². The van der Waals surface area contributed by atoms with Crippen LogP contribution in [-0.2, 0) is 20.6 Å². The third-order valence-electron chi connectivity index (χ3n) is 3.51. The van der Waals surface area contributed by atoms with Gasteiger partial charge in [-0.15, -0.1) is 0 Å². The van der Waals surface area contributed by atoms with Gasteiger partial charge in [0.1, 0.15) is 12.4 Å². The average molecular weight is 431 g/mol. The molecule has 2 aromatic rings. The number of amides is 1. The molecule has 0 bridgehead atoms. The van der Waals surface area contributed by atoms with Crippen LogP contribution in [0.1, 0.15) is 5.56 Å². The van der Waals surface area contributed by atoms with Gasteiger partial charge in [0.25, 0.3) is 0 Å². The van der Waals surface area contributed by atoms with Gasteiger partial charge in [0.05, 0.1) is 11.9 Å². The van der Waals surface area contributed by atoms with Crippen molar-refractivity contribution >= 4 is 45.0 Å². The van der Waals surface area contributed by atoms with Gasteiger partial charge >= 0.3 is 0 Å². The van der Waals surface area contributed by atoms with Crippen molar-refractivity contribution < 1.29 is 17.6 Å². The standard InChI is InChI=1S/C18H20ClFN2O3S2/c1-27(24,25)22(17-7-3-6-16(20)11-17)12-18(23)21-8-9-26-13-14-4-2-5-15(19)10-14/h2-7,10-11H,8-9,12-13H2,1H3,(H,21,23). The van der Waals surface area contributed by atoms with Crippen LogP contribution in [0.2, 0.25) is 5.02 Å². The molecule has 0 heterocycles. The van der Waals surface area contributed by atoms with Crippen molar-refractivity contribution in [3.05, 3.63) is 64.9 Å². The lowest BCUT2D eigenvalue weighted by atomic mass is 10.2. The van der Waals surface area contributed by atoms with Crippen LogP contribution < -0.4 is 9.62 Å². The molecule has 0 spiro atoms. The molecule has 0 fully saturated rings. The maximum atomic E-state index is 13.4. The zero-order valence-electron chi connectivity index (χ0n) is 14.7. The molecular weight excluding hydrogens is 411 g/mol. The molecule has 0 aliphatic carbocycles. The van der Waals surface area contributed by atoms with E-state index in [2.05, 4.69) is 5.32 Å². The number of anilines is 1. The molecule has 9 heteroatoms. The van der Waals surface area contributed by atoms with Gasteiger partial charge in [0, 0.05) is 23.1 Å². The Morgan fingerprint density at radius 2 is 1.96 bits per heavy atom. The summed E-state index contributed by atoms with van der Waals surface area (Å²) < 4.78 is 38.1. The molecule has 0 aliphatic heterocycles. The summed E-state index contributed by atoms with van der Waals surface area (Å²) in [5.74, 6) is 0.402. The molecular formula is C18H20ClFN2O3S2. The molecule has 2 aromatic carbocycles. The number of rotatable bonds is 9. The number of nitrogens with zero attached hydrogens (tertiary/aromatic N) is 1. The van der Waals surface area contributed by atoms with Crippen LogP contribution in [0.4, 0.5) is 10.1 Å². The molecule has 0 saturated heterocycles. The van der Waals surface area contributed by atoms with Crippen molar-refractivity contribution in [1.29, 1.82) is 0 Å². The van der Waals surface area contributed by atoms with E-state index in [0.29, 0.717) is 17.3 Å². The van der Waals surface area contributed by atoms with E-state index in [-0.39, 0.29) is 5.69 Å². The Hall–Kier alpha value is -1.77.